The first-order valence-corrected chi connectivity index (χ1v) is 8.84. The molecule has 126 valence electrons. The molecule has 5 heteroatoms. The molecule has 2 aliphatic rings. The monoisotopic (exact) mass is 324 g/mol. The van der Waals surface area contributed by atoms with Gasteiger partial charge in [0.25, 0.3) is 5.91 Å². The van der Waals surface area contributed by atoms with E-state index in [-0.39, 0.29) is 11.9 Å². The molecule has 1 aromatic heterocycles. The van der Waals surface area contributed by atoms with Crippen molar-refractivity contribution in [3.05, 3.63) is 42.2 Å². The van der Waals surface area contributed by atoms with Crippen molar-refractivity contribution in [2.45, 2.75) is 45.2 Å². The van der Waals surface area contributed by atoms with Crippen LogP contribution in [0.5, 0.6) is 0 Å². The molecule has 2 fully saturated rings. The molecule has 1 saturated heterocycles. The number of anilines is 2. The van der Waals surface area contributed by atoms with E-state index in [2.05, 4.69) is 27.4 Å². The van der Waals surface area contributed by atoms with Crippen LogP contribution in [0.2, 0.25) is 0 Å². The van der Waals surface area contributed by atoms with Gasteiger partial charge in [0.1, 0.15) is 5.69 Å². The number of rotatable bonds is 4. The van der Waals surface area contributed by atoms with Crippen molar-refractivity contribution in [1.29, 1.82) is 0 Å². The number of carbonyl (C=O) groups excluding carboxylic acids is 1. The molecule has 0 spiro atoms. The van der Waals surface area contributed by atoms with Crippen LogP contribution >= 0.6 is 0 Å². The Morgan fingerprint density at radius 3 is 2.79 bits per heavy atom. The predicted octanol–water partition coefficient (Wildman–Crippen LogP) is 3.71. The Morgan fingerprint density at radius 2 is 2.08 bits per heavy atom. The number of para-hydroxylation sites is 2. The second-order valence-corrected chi connectivity index (χ2v) is 7.21. The zero-order valence-corrected chi connectivity index (χ0v) is 14.3. The Labute approximate surface area is 142 Å². The maximum atomic E-state index is 12.7. The molecule has 1 amide bonds. The van der Waals surface area contributed by atoms with E-state index in [9.17, 15) is 4.79 Å². The van der Waals surface area contributed by atoms with Gasteiger partial charge in [-0.2, -0.15) is 5.10 Å². The number of amides is 1. The minimum Gasteiger partial charge on any atom is -0.367 e. The average molecular weight is 324 g/mol. The van der Waals surface area contributed by atoms with Gasteiger partial charge in [0.15, 0.2) is 0 Å². The van der Waals surface area contributed by atoms with Crippen LogP contribution in [0.25, 0.3) is 0 Å². The molecule has 2 heterocycles. The first-order valence-electron chi connectivity index (χ1n) is 8.84. The van der Waals surface area contributed by atoms with E-state index in [1.54, 1.807) is 16.9 Å². The third-order valence-corrected chi connectivity index (χ3v) is 5.26. The van der Waals surface area contributed by atoms with Crippen molar-refractivity contribution in [2.75, 3.05) is 16.8 Å². The molecule has 1 aliphatic carbocycles. The minimum atomic E-state index is -0.0991. The fraction of sp³-hybridized carbons (Fsp3) is 0.474. The molecule has 1 aromatic carbocycles. The molecule has 2 atom stereocenters. The molecule has 5 nitrogen and oxygen atoms in total. The van der Waals surface area contributed by atoms with Gasteiger partial charge in [-0.15, -0.1) is 0 Å². The fourth-order valence-electron chi connectivity index (χ4n) is 4.14. The van der Waals surface area contributed by atoms with Gasteiger partial charge in [-0.25, -0.2) is 0 Å². The summed E-state index contributed by atoms with van der Waals surface area (Å²) in [6.45, 7) is 5.17. The van der Waals surface area contributed by atoms with Gasteiger partial charge in [0.05, 0.1) is 11.4 Å². The third kappa shape index (κ3) is 2.58. The summed E-state index contributed by atoms with van der Waals surface area (Å²) in [4.78, 5) is 15.2. The van der Waals surface area contributed by atoms with E-state index in [1.807, 2.05) is 26.0 Å². The first kappa shape index (κ1) is 15.2. The van der Waals surface area contributed by atoms with Crippen LogP contribution in [-0.4, -0.2) is 28.3 Å². The molecule has 1 N–H and O–H groups in total. The molecule has 2 unspecified atom stereocenters. The SMILES string of the molecule is CC(C)n1nccc1C(=O)Nc1ccccc1N1CC2CCC1C2. The van der Waals surface area contributed by atoms with Crippen molar-refractivity contribution in [3.63, 3.8) is 0 Å². The van der Waals surface area contributed by atoms with Crippen molar-refractivity contribution >= 4 is 17.3 Å². The summed E-state index contributed by atoms with van der Waals surface area (Å²) >= 11 is 0. The van der Waals surface area contributed by atoms with Crippen LogP contribution in [0.4, 0.5) is 11.4 Å². The summed E-state index contributed by atoms with van der Waals surface area (Å²) in [5.41, 5.74) is 2.64. The number of nitrogens with one attached hydrogen (secondary N) is 1. The lowest BCUT2D eigenvalue weighted by molar-refractivity contribution is 0.101. The Morgan fingerprint density at radius 1 is 1.25 bits per heavy atom. The number of benzene rings is 1. The first-order chi connectivity index (χ1) is 11.6. The highest BCUT2D eigenvalue weighted by Crippen LogP contribution is 2.42. The highest BCUT2D eigenvalue weighted by molar-refractivity contribution is 6.04. The number of hydrogen-bond acceptors (Lipinski definition) is 3. The van der Waals surface area contributed by atoms with Crippen LogP contribution in [0, 0.1) is 5.92 Å². The molecule has 1 aliphatic heterocycles. The third-order valence-electron chi connectivity index (χ3n) is 5.26. The highest BCUT2D eigenvalue weighted by Gasteiger charge is 2.38. The molecule has 4 rings (SSSR count). The summed E-state index contributed by atoms with van der Waals surface area (Å²) in [6, 6.07) is 10.7. The van der Waals surface area contributed by atoms with E-state index in [1.165, 1.54) is 19.3 Å². The highest BCUT2D eigenvalue weighted by atomic mass is 16.2. The number of hydrogen-bond donors (Lipinski definition) is 1. The average Bonchev–Trinajstić information content (AvgIpc) is 3.31. The quantitative estimate of drug-likeness (QED) is 0.933. The molecule has 2 bridgehead atoms. The van der Waals surface area contributed by atoms with Gasteiger partial charge >= 0.3 is 0 Å². The maximum absolute atomic E-state index is 12.7. The summed E-state index contributed by atoms with van der Waals surface area (Å²) in [5.74, 6) is 0.721. The van der Waals surface area contributed by atoms with E-state index in [4.69, 9.17) is 0 Å². The molecule has 0 radical (unpaired) electrons. The Bertz CT molecular complexity index is 751. The summed E-state index contributed by atoms with van der Waals surface area (Å²) < 4.78 is 1.76. The Balaban J connectivity index is 1.59. The predicted molar refractivity (Wildman–Crippen MR) is 95.5 cm³/mol. The van der Waals surface area contributed by atoms with Crippen molar-refractivity contribution in [2.24, 2.45) is 5.92 Å². The van der Waals surface area contributed by atoms with E-state index in [0.717, 1.165) is 23.8 Å². The number of nitrogens with zero attached hydrogens (tertiary/aromatic N) is 3. The van der Waals surface area contributed by atoms with Crippen LogP contribution in [-0.2, 0) is 0 Å². The zero-order chi connectivity index (χ0) is 16.7. The second-order valence-electron chi connectivity index (χ2n) is 7.21. The smallest absolute Gasteiger partial charge is 0.274 e. The second kappa shape index (κ2) is 5.96. The zero-order valence-electron chi connectivity index (χ0n) is 14.3. The van der Waals surface area contributed by atoms with Gasteiger partial charge in [0.2, 0.25) is 0 Å². The van der Waals surface area contributed by atoms with Gasteiger partial charge < -0.3 is 10.2 Å². The van der Waals surface area contributed by atoms with Crippen molar-refractivity contribution in [1.82, 2.24) is 9.78 Å². The van der Waals surface area contributed by atoms with Crippen molar-refractivity contribution < 1.29 is 4.79 Å². The normalized spacial score (nSPS) is 22.4. The van der Waals surface area contributed by atoms with Gasteiger partial charge in [-0.1, -0.05) is 12.1 Å². The summed E-state index contributed by atoms with van der Waals surface area (Å²) in [5, 5.41) is 7.36. The Kier molecular flexibility index (Phi) is 3.79. The molecule has 24 heavy (non-hydrogen) atoms. The molecular formula is C19H24N4O. The van der Waals surface area contributed by atoms with Gasteiger partial charge in [-0.3, -0.25) is 9.48 Å². The maximum Gasteiger partial charge on any atom is 0.274 e. The number of aromatic nitrogens is 2. The van der Waals surface area contributed by atoms with E-state index < -0.39 is 0 Å². The van der Waals surface area contributed by atoms with Crippen LogP contribution < -0.4 is 10.2 Å². The van der Waals surface area contributed by atoms with Crippen LogP contribution in [0.3, 0.4) is 0 Å². The fourth-order valence-corrected chi connectivity index (χ4v) is 4.14. The topological polar surface area (TPSA) is 50.2 Å². The molecular weight excluding hydrogens is 300 g/mol. The minimum absolute atomic E-state index is 0.0991. The Hall–Kier alpha value is -2.30. The van der Waals surface area contributed by atoms with Gasteiger partial charge in [-0.05, 0) is 57.2 Å². The summed E-state index contributed by atoms with van der Waals surface area (Å²) in [6.07, 6.45) is 5.60. The van der Waals surface area contributed by atoms with Gasteiger partial charge in [0, 0.05) is 24.8 Å². The van der Waals surface area contributed by atoms with E-state index >= 15 is 0 Å². The van der Waals surface area contributed by atoms with Crippen LogP contribution in [0.1, 0.15) is 49.6 Å². The number of carbonyl (C=O) groups is 1. The van der Waals surface area contributed by atoms with Crippen LogP contribution in [0.15, 0.2) is 36.5 Å². The molecule has 1 saturated carbocycles. The van der Waals surface area contributed by atoms with E-state index in [0.29, 0.717) is 11.7 Å². The van der Waals surface area contributed by atoms with Crippen molar-refractivity contribution in [3.8, 4) is 0 Å². The lowest BCUT2D eigenvalue weighted by Gasteiger charge is -2.31. The largest absolute Gasteiger partial charge is 0.367 e. The lowest BCUT2D eigenvalue weighted by atomic mass is 10.1. The number of fused-ring (bicyclic) bond motifs is 2. The molecule has 2 aromatic rings. The number of piperidine rings is 1. The standard InChI is InChI=1S/C19H24N4O/c1-13(2)23-18(9-10-20-23)19(24)21-16-5-3-4-6-17(16)22-12-14-7-8-15(22)11-14/h3-6,9-10,13-15H,7-8,11-12H2,1-2H3,(H,21,24). The lowest BCUT2D eigenvalue weighted by Crippen LogP contribution is -2.32. The summed E-state index contributed by atoms with van der Waals surface area (Å²) in [7, 11) is 0.